The second-order valence-electron chi connectivity index (χ2n) is 3.56. The van der Waals surface area contributed by atoms with Crippen molar-refractivity contribution in [3.05, 3.63) is 29.3 Å². The smallest absolute Gasteiger partial charge is 0.187 e. The van der Waals surface area contributed by atoms with Gasteiger partial charge in [0, 0.05) is 0 Å². The number of alkyl halides is 1. The summed E-state index contributed by atoms with van der Waals surface area (Å²) in [6.07, 6.45) is -0.483. The van der Waals surface area contributed by atoms with Crippen LogP contribution in [-0.2, 0) is 4.79 Å². The summed E-state index contributed by atoms with van der Waals surface area (Å²) in [6, 6.07) is 5.78. The monoisotopic (exact) mass is 226 g/mol. The Morgan fingerprint density at radius 3 is 2.73 bits per heavy atom. The first-order valence-electron chi connectivity index (χ1n) is 4.87. The molecule has 0 bridgehead atoms. The quantitative estimate of drug-likeness (QED) is 0.738. The molecule has 0 spiro atoms. The summed E-state index contributed by atoms with van der Waals surface area (Å²) in [5.41, 5.74) is 2.21. The van der Waals surface area contributed by atoms with Gasteiger partial charge in [0.05, 0.1) is 5.88 Å². The molecule has 0 saturated carbocycles. The van der Waals surface area contributed by atoms with Crippen LogP contribution in [0.5, 0.6) is 5.75 Å². The summed E-state index contributed by atoms with van der Waals surface area (Å²) in [7, 11) is 0. The van der Waals surface area contributed by atoms with Gasteiger partial charge in [-0.2, -0.15) is 0 Å². The molecule has 15 heavy (non-hydrogen) atoms. The Kier molecular flexibility index (Phi) is 4.15. The van der Waals surface area contributed by atoms with Gasteiger partial charge < -0.3 is 4.74 Å². The van der Waals surface area contributed by atoms with E-state index in [1.807, 2.05) is 32.0 Å². The number of ether oxygens (including phenoxy) is 1. The van der Waals surface area contributed by atoms with Crippen molar-refractivity contribution in [2.75, 3.05) is 5.88 Å². The van der Waals surface area contributed by atoms with Crippen LogP contribution in [0, 0.1) is 13.8 Å². The standard InChI is InChI=1S/C12H15ClO2/c1-8-5-4-6-12(9(8)2)15-10(3)11(14)7-13/h4-6,10H,7H2,1-3H3. The summed E-state index contributed by atoms with van der Waals surface area (Å²) in [5, 5.41) is 0. The minimum absolute atomic E-state index is 0.00791. The summed E-state index contributed by atoms with van der Waals surface area (Å²) >= 11 is 5.45. The molecule has 0 aliphatic rings. The van der Waals surface area contributed by atoms with Crippen molar-refractivity contribution in [3.8, 4) is 5.75 Å². The summed E-state index contributed by atoms with van der Waals surface area (Å²) in [4.78, 5) is 11.3. The lowest BCUT2D eigenvalue weighted by Gasteiger charge is -2.15. The molecule has 0 aliphatic carbocycles. The Morgan fingerprint density at radius 2 is 2.13 bits per heavy atom. The van der Waals surface area contributed by atoms with Gasteiger partial charge in [-0.3, -0.25) is 4.79 Å². The molecule has 0 N–H and O–H groups in total. The predicted octanol–water partition coefficient (Wildman–Crippen LogP) is 2.88. The highest BCUT2D eigenvalue weighted by atomic mass is 35.5. The van der Waals surface area contributed by atoms with Crippen molar-refractivity contribution < 1.29 is 9.53 Å². The Labute approximate surface area is 95.2 Å². The first-order valence-corrected chi connectivity index (χ1v) is 5.41. The Bertz CT molecular complexity index is 361. The maximum atomic E-state index is 11.3. The largest absolute Gasteiger partial charge is 0.483 e. The summed E-state index contributed by atoms with van der Waals surface area (Å²) in [5.74, 6) is 0.644. The number of halogens is 1. The van der Waals surface area contributed by atoms with E-state index in [2.05, 4.69) is 0 Å². The lowest BCUT2D eigenvalue weighted by atomic mass is 10.1. The van der Waals surface area contributed by atoms with E-state index in [4.69, 9.17) is 16.3 Å². The number of ketones is 1. The van der Waals surface area contributed by atoms with Gasteiger partial charge in [-0.15, -0.1) is 11.6 Å². The molecule has 1 aromatic carbocycles. The fraction of sp³-hybridized carbons (Fsp3) is 0.417. The minimum Gasteiger partial charge on any atom is -0.483 e. The van der Waals surface area contributed by atoms with E-state index >= 15 is 0 Å². The number of Topliss-reactive ketones (excluding diaryl/α,β-unsaturated/α-hetero) is 1. The van der Waals surface area contributed by atoms with Crippen molar-refractivity contribution in [3.63, 3.8) is 0 Å². The molecule has 82 valence electrons. The van der Waals surface area contributed by atoms with Gasteiger partial charge in [0.1, 0.15) is 5.75 Å². The Balaban J connectivity index is 2.81. The van der Waals surface area contributed by atoms with E-state index < -0.39 is 6.10 Å². The van der Waals surface area contributed by atoms with Crippen molar-refractivity contribution in [2.45, 2.75) is 26.9 Å². The van der Waals surface area contributed by atoms with Crippen LogP contribution in [-0.4, -0.2) is 17.8 Å². The van der Waals surface area contributed by atoms with Crippen LogP contribution < -0.4 is 4.74 Å². The first-order chi connectivity index (χ1) is 7.06. The van der Waals surface area contributed by atoms with E-state index in [9.17, 15) is 4.79 Å². The Hall–Kier alpha value is -1.02. The second-order valence-corrected chi connectivity index (χ2v) is 3.83. The van der Waals surface area contributed by atoms with Gasteiger partial charge in [-0.25, -0.2) is 0 Å². The fourth-order valence-corrected chi connectivity index (χ4v) is 1.43. The lowest BCUT2D eigenvalue weighted by molar-refractivity contribution is -0.122. The number of benzene rings is 1. The van der Waals surface area contributed by atoms with Gasteiger partial charge in [-0.05, 0) is 38.0 Å². The maximum Gasteiger partial charge on any atom is 0.187 e. The molecule has 2 nitrogen and oxygen atoms in total. The maximum absolute atomic E-state index is 11.3. The molecule has 1 atom stereocenters. The fourth-order valence-electron chi connectivity index (χ4n) is 1.22. The molecule has 0 heterocycles. The van der Waals surface area contributed by atoms with Crippen LogP contribution in [0.3, 0.4) is 0 Å². The molecular weight excluding hydrogens is 212 g/mol. The summed E-state index contributed by atoms with van der Waals surface area (Å²) < 4.78 is 5.54. The molecule has 3 heteroatoms. The minimum atomic E-state index is -0.483. The van der Waals surface area contributed by atoms with Gasteiger partial charge in [0.15, 0.2) is 11.9 Å². The Morgan fingerprint density at radius 1 is 1.47 bits per heavy atom. The lowest BCUT2D eigenvalue weighted by Crippen LogP contribution is -2.25. The van der Waals surface area contributed by atoms with E-state index in [0.717, 1.165) is 16.9 Å². The zero-order valence-corrected chi connectivity index (χ0v) is 9.97. The van der Waals surface area contributed by atoms with Crippen molar-refractivity contribution in [1.82, 2.24) is 0 Å². The van der Waals surface area contributed by atoms with Crippen LogP contribution in [0.25, 0.3) is 0 Å². The first kappa shape index (κ1) is 12.1. The van der Waals surface area contributed by atoms with E-state index in [1.54, 1.807) is 6.92 Å². The number of carbonyl (C=O) groups excluding carboxylic acids is 1. The number of rotatable bonds is 4. The zero-order valence-electron chi connectivity index (χ0n) is 9.21. The molecule has 0 aromatic heterocycles. The number of aryl methyl sites for hydroxylation is 1. The third kappa shape index (κ3) is 2.96. The second kappa shape index (κ2) is 5.17. The van der Waals surface area contributed by atoms with Gasteiger partial charge in [0.25, 0.3) is 0 Å². The predicted molar refractivity (Wildman–Crippen MR) is 61.7 cm³/mol. The van der Waals surface area contributed by atoms with Crippen molar-refractivity contribution in [2.24, 2.45) is 0 Å². The molecule has 0 fully saturated rings. The molecule has 1 rings (SSSR count). The van der Waals surface area contributed by atoms with Crippen LogP contribution in [0.1, 0.15) is 18.1 Å². The van der Waals surface area contributed by atoms with Crippen LogP contribution >= 0.6 is 11.6 Å². The normalized spacial score (nSPS) is 12.3. The highest BCUT2D eigenvalue weighted by Crippen LogP contribution is 2.21. The third-order valence-electron chi connectivity index (χ3n) is 2.44. The topological polar surface area (TPSA) is 26.3 Å². The molecule has 0 aliphatic heterocycles. The highest BCUT2D eigenvalue weighted by molar-refractivity contribution is 6.28. The van der Waals surface area contributed by atoms with Gasteiger partial charge in [-0.1, -0.05) is 12.1 Å². The van der Waals surface area contributed by atoms with E-state index in [1.165, 1.54) is 0 Å². The van der Waals surface area contributed by atoms with Crippen LogP contribution in [0.15, 0.2) is 18.2 Å². The molecule has 0 amide bonds. The average molecular weight is 227 g/mol. The molecular formula is C12H15ClO2. The molecule has 1 unspecified atom stereocenters. The SMILES string of the molecule is Cc1cccc(OC(C)C(=O)CCl)c1C. The number of hydrogen-bond acceptors (Lipinski definition) is 2. The number of carbonyl (C=O) groups is 1. The van der Waals surface area contributed by atoms with E-state index in [0.29, 0.717) is 0 Å². The number of hydrogen-bond donors (Lipinski definition) is 0. The van der Waals surface area contributed by atoms with Gasteiger partial charge in [0.2, 0.25) is 0 Å². The zero-order chi connectivity index (χ0) is 11.4. The van der Waals surface area contributed by atoms with Crippen molar-refractivity contribution in [1.29, 1.82) is 0 Å². The molecule has 0 radical (unpaired) electrons. The van der Waals surface area contributed by atoms with Crippen LogP contribution in [0.2, 0.25) is 0 Å². The molecule has 1 aromatic rings. The molecule has 0 saturated heterocycles. The van der Waals surface area contributed by atoms with E-state index in [-0.39, 0.29) is 11.7 Å². The van der Waals surface area contributed by atoms with Crippen LogP contribution in [0.4, 0.5) is 0 Å². The average Bonchev–Trinajstić information content (AvgIpc) is 2.23. The summed E-state index contributed by atoms with van der Waals surface area (Å²) in [6.45, 7) is 5.70. The van der Waals surface area contributed by atoms with Gasteiger partial charge >= 0.3 is 0 Å². The highest BCUT2D eigenvalue weighted by Gasteiger charge is 2.14. The van der Waals surface area contributed by atoms with Crippen molar-refractivity contribution >= 4 is 17.4 Å². The third-order valence-corrected chi connectivity index (χ3v) is 2.71.